The lowest BCUT2D eigenvalue weighted by molar-refractivity contribution is 0.178. The predicted molar refractivity (Wildman–Crippen MR) is 83.6 cm³/mol. The van der Waals surface area contributed by atoms with Crippen LogP contribution in [0.1, 0.15) is 25.3 Å². The fraction of sp³-hybridized carbons (Fsp3) is 0.786. The van der Waals surface area contributed by atoms with Crippen molar-refractivity contribution in [1.29, 1.82) is 0 Å². The van der Waals surface area contributed by atoms with Crippen molar-refractivity contribution in [3.63, 3.8) is 0 Å². The molecule has 1 saturated heterocycles. The van der Waals surface area contributed by atoms with Crippen LogP contribution in [0.3, 0.4) is 0 Å². The molecule has 0 spiro atoms. The molecule has 0 aliphatic carbocycles. The molecule has 0 radical (unpaired) electrons. The first-order valence-electron chi connectivity index (χ1n) is 7.64. The number of aromatic nitrogens is 2. The molecule has 1 atom stereocenters. The van der Waals surface area contributed by atoms with Crippen molar-refractivity contribution in [3.8, 4) is 0 Å². The Bertz CT molecular complexity index is 541. The lowest BCUT2D eigenvalue weighted by Crippen LogP contribution is -2.41. The Morgan fingerprint density at radius 2 is 2.29 bits per heavy atom. The van der Waals surface area contributed by atoms with E-state index in [1.54, 1.807) is 0 Å². The van der Waals surface area contributed by atoms with Crippen molar-refractivity contribution in [2.45, 2.75) is 32.7 Å². The van der Waals surface area contributed by atoms with Gasteiger partial charge in [0, 0.05) is 32.4 Å². The number of piperidine rings is 1. The molecule has 1 aromatic rings. The molecule has 0 unspecified atom stereocenters. The van der Waals surface area contributed by atoms with Gasteiger partial charge in [0.2, 0.25) is 10.0 Å². The van der Waals surface area contributed by atoms with Gasteiger partial charge in [0.15, 0.2) is 0 Å². The molecule has 0 aromatic carbocycles. The summed E-state index contributed by atoms with van der Waals surface area (Å²) in [6.07, 6.45) is 8.52. The molecule has 1 N–H and O–H groups in total. The Morgan fingerprint density at radius 1 is 1.48 bits per heavy atom. The van der Waals surface area contributed by atoms with E-state index in [0.29, 0.717) is 12.5 Å². The quantitative estimate of drug-likeness (QED) is 0.805. The number of nitrogens with one attached hydrogen (secondary N) is 1. The van der Waals surface area contributed by atoms with Crippen LogP contribution in [0.15, 0.2) is 12.4 Å². The summed E-state index contributed by atoms with van der Waals surface area (Å²) in [4.78, 5) is 2.43. The zero-order valence-corrected chi connectivity index (χ0v) is 13.8. The molecule has 2 rings (SSSR count). The normalized spacial score (nSPS) is 20.8. The minimum absolute atomic E-state index is 0.423. The van der Waals surface area contributed by atoms with Gasteiger partial charge in [-0.15, -0.1) is 0 Å². The maximum atomic E-state index is 11.2. The number of nitrogens with zero attached hydrogens (tertiary/aromatic N) is 3. The van der Waals surface area contributed by atoms with Crippen molar-refractivity contribution >= 4 is 10.0 Å². The van der Waals surface area contributed by atoms with Gasteiger partial charge in [0.1, 0.15) is 0 Å². The number of aryl methyl sites for hydroxylation is 1. The minimum Gasteiger partial charge on any atom is -0.303 e. The molecular formula is C14H26N4O2S. The molecule has 120 valence electrons. The first kappa shape index (κ1) is 16.5. The first-order chi connectivity index (χ1) is 9.96. The van der Waals surface area contributed by atoms with Gasteiger partial charge in [0.25, 0.3) is 0 Å². The van der Waals surface area contributed by atoms with Gasteiger partial charge in [-0.05, 0) is 44.2 Å². The molecular weight excluding hydrogens is 288 g/mol. The minimum atomic E-state index is -3.08. The van der Waals surface area contributed by atoms with E-state index >= 15 is 0 Å². The predicted octanol–water partition coefficient (Wildman–Crippen LogP) is 0.707. The van der Waals surface area contributed by atoms with Gasteiger partial charge >= 0.3 is 0 Å². The van der Waals surface area contributed by atoms with Crippen LogP contribution in [0, 0.1) is 5.92 Å². The van der Waals surface area contributed by atoms with Crippen molar-refractivity contribution < 1.29 is 8.42 Å². The van der Waals surface area contributed by atoms with E-state index in [-0.39, 0.29) is 0 Å². The van der Waals surface area contributed by atoms with Crippen LogP contribution in [0.2, 0.25) is 0 Å². The molecule has 1 aliphatic rings. The summed E-state index contributed by atoms with van der Waals surface area (Å²) in [6, 6.07) is 0. The number of likely N-dealkylation sites (tertiary alicyclic amines) is 1. The van der Waals surface area contributed by atoms with Gasteiger partial charge in [-0.3, -0.25) is 4.68 Å². The second kappa shape index (κ2) is 7.38. The highest BCUT2D eigenvalue weighted by molar-refractivity contribution is 7.88. The first-order valence-corrected chi connectivity index (χ1v) is 9.53. The molecule has 6 nitrogen and oxygen atoms in total. The van der Waals surface area contributed by atoms with Gasteiger partial charge < -0.3 is 4.90 Å². The van der Waals surface area contributed by atoms with E-state index in [1.807, 2.05) is 10.9 Å². The highest BCUT2D eigenvalue weighted by atomic mass is 32.2. The maximum absolute atomic E-state index is 11.2. The summed E-state index contributed by atoms with van der Waals surface area (Å²) < 4.78 is 26.9. The summed E-state index contributed by atoms with van der Waals surface area (Å²) in [5.74, 6) is 0.423. The summed E-state index contributed by atoms with van der Waals surface area (Å²) >= 11 is 0. The van der Waals surface area contributed by atoms with E-state index in [0.717, 1.165) is 45.4 Å². The van der Waals surface area contributed by atoms with Crippen molar-refractivity contribution in [2.75, 3.05) is 32.4 Å². The summed E-state index contributed by atoms with van der Waals surface area (Å²) in [6.45, 7) is 6.65. The van der Waals surface area contributed by atoms with E-state index in [4.69, 9.17) is 0 Å². The lowest BCUT2D eigenvalue weighted by atomic mass is 9.98. The second-order valence-corrected chi connectivity index (χ2v) is 7.72. The highest BCUT2D eigenvalue weighted by Crippen LogP contribution is 2.16. The molecule has 0 amide bonds. The summed E-state index contributed by atoms with van der Waals surface area (Å²) in [7, 11) is -3.08. The third-order valence-electron chi connectivity index (χ3n) is 3.96. The van der Waals surface area contributed by atoms with Crippen LogP contribution in [-0.4, -0.2) is 55.5 Å². The summed E-state index contributed by atoms with van der Waals surface area (Å²) in [5.41, 5.74) is 1.27. The zero-order chi connectivity index (χ0) is 15.3. The second-order valence-electron chi connectivity index (χ2n) is 5.88. The molecule has 1 fully saturated rings. The smallest absolute Gasteiger partial charge is 0.208 e. The van der Waals surface area contributed by atoms with Crippen molar-refractivity contribution in [3.05, 3.63) is 18.0 Å². The molecule has 7 heteroatoms. The number of sulfonamides is 1. The average Bonchev–Trinajstić information content (AvgIpc) is 2.91. The third-order valence-corrected chi connectivity index (χ3v) is 4.66. The van der Waals surface area contributed by atoms with Gasteiger partial charge in [-0.25, -0.2) is 13.1 Å². The zero-order valence-electron chi connectivity index (χ0n) is 13.0. The van der Waals surface area contributed by atoms with Crippen LogP contribution in [0.4, 0.5) is 0 Å². The SMILES string of the molecule is CCn1cc(CCN2CCC[C@H](CNS(C)(=O)=O)C2)cn1. The Kier molecular flexibility index (Phi) is 5.78. The van der Waals surface area contributed by atoms with Crippen molar-refractivity contribution in [2.24, 2.45) is 5.92 Å². The van der Waals surface area contributed by atoms with Gasteiger partial charge in [0.05, 0.1) is 12.5 Å². The van der Waals surface area contributed by atoms with Gasteiger partial charge in [-0.1, -0.05) is 0 Å². The fourth-order valence-corrected chi connectivity index (χ4v) is 3.32. The largest absolute Gasteiger partial charge is 0.303 e. The maximum Gasteiger partial charge on any atom is 0.208 e. The Hall–Kier alpha value is -0.920. The van der Waals surface area contributed by atoms with E-state index in [9.17, 15) is 8.42 Å². The van der Waals surface area contributed by atoms with Gasteiger partial charge in [-0.2, -0.15) is 5.10 Å². The lowest BCUT2D eigenvalue weighted by Gasteiger charge is -2.32. The Labute approximate surface area is 127 Å². The number of hydrogen-bond donors (Lipinski definition) is 1. The average molecular weight is 314 g/mol. The van der Waals surface area contributed by atoms with E-state index in [1.165, 1.54) is 11.8 Å². The van der Waals surface area contributed by atoms with Crippen LogP contribution in [0.25, 0.3) is 0 Å². The molecule has 1 aliphatic heterocycles. The van der Waals surface area contributed by atoms with Crippen LogP contribution in [-0.2, 0) is 23.0 Å². The van der Waals surface area contributed by atoms with Crippen molar-refractivity contribution in [1.82, 2.24) is 19.4 Å². The molecule has 2 heterocycles. The number of rotatable bonds is 7. The van der Waals surface area contributed by atoms with E-state index < -0.39 is 10.0 Å². The monoisotopic (exact) mass is 314 g/mol. The topological polar surface area (TPSA) is 67.2 Å². The van der Waals surface area contributed by atoms with Crippen LogP contribution in [0.5, 0.6) is 0 Å². The van der Waals surface area contributed by atoms with Crippen LogP contribution >= 0.6 is 0 Å². The molecule has 21 heavy (non-hydrogen) atoms. The Morgan fingerprint density at radius 3 is 2.95 bits per heavy atom. The van der Waals surface area contributed by atoms with Crippen LogP contribution < -0.4 is 4.72 Å². The molecule has 0 bridgehead atoms. The van der Waals surface area contributed by atoms with E-state index in [2.05, 4.69) is 27.8 Å². The fourth-order valence-electron chi connectivity index (χ4n) is 2.79. The highest BCUT2D eigenvalue weighted by Gasteiger charge is 2.20. The Balaban J connectivity index is 1.75. The number of hydrogen-bond acceptors (Lipinski definition) is 4. The molecule has 0 saturated carbocycles. The molecule has 1 aromatic heterocycles. The third kappa shape index (κ3) is 5.76. The summed E-state index contributed by atoms with van der Waals surface area (Å²) in [5, 5.41) is 4.29. The standard InChI is InChI=1S/C14H26N4O2S/c1-3-18-12-14(9-15-18)6-8-17-7-4-5-13(11-17)10-16-21(2,19)20/h9,12-13,16H,3-8,10-11H2,1-2H3/t13-/m1/s1.